The highest BCUT2D eigenvalue weighted by molar-refractivity contribution is 7.90. The van der Waals surface area contributed by atoms with Crippen molar-refractivity contribution in [2.75, 3.05) is 7.11 Å². The van der Waals surface area contributed by atoms with Crippen LogP contribution in [-0.4, -0.2) is 39.4 Å². The molecule has 5 rings (SSSR count). The van der Waals surface area contributed by atoms with Crippen LogP contribution in [0.4, 0.5) is 0 Å². The minimum atomic E-state index is -3.79. The fraction of sp³-hybridized carbons (Fsp3) is 0.200. The molecule has 29 heavy (non-hydrogen) atoms. The van der Waals surface area contributed by atoms with Gasteiger partial charge in [-0.05, 0) is 31.0 Å². The fourth-order valence-corrected chi connectivity index (χ4v) is 4.65. The average Bonchev–Trinajstić information content (AvgIpc) is 3.52. The Labute approximate surface area is 167 Å². The Morgan fingerprint density at radius 2 is 1.86 bits per heavy atom. The zero-order chi connectivity index (χ0) is 20.0. The van der Waals surface area contributed by atoms with Gasteiger partial charge in [0, 0.05) is 23.7 Å². The second-order valence-electron chi connectivity index (χ2n) is 6.82. The maximum absolute atomic E-state index is 13.1. The lowest BCUT2D eigenvalue weighted by Gasteiger charge is -2.11. The summed E-state index contributed by atoms with van der Waals surface area (Å²) in [5, 5.41) is 0.622. The third-order valence-electron chi connectivity index (χ3n) is 4.92. The molecule has 9 heteroatoms. The third kappa shape index (κ3) is 2.94. The van der Waals surface area contributed by atoms with E-state index in [2.05, 4.69) is 19.9 Å². The van der Waals surface area contributed by atoms with Gasteiger partial charge in [-0.15, -0.1) is 0 Å². The van der Waals surface area contributed by atoms with E-state index in [9.17, 15) is 8.42 Å². The number of methoxy groups -OCH3 is 1. The Kier molecular flexibility index (Phi) is 4.06. The molecule has 0 unspecified atom stereocenters. The molecule has 0 N–H and O–H groups in total. The van der Waals surface area contributed by atoms with Crippen LogP contribution < -0.4 is 4.74 Å². The zero-order valence-electron chi connectivity index (χ0n) is 15.6. The van der Waals surface area contributed by atoms with Crippen molar-refractivity contribution in [1.29, 1.82) is 0 Å². The maximum Gasteiger partial charge on any atom is 0.269 e. The van der Waals surface area contributed by atoms with Crippen molar-refractivity contribution in [2.24, 2.45) is 0 Å². The van der Waals surface area contributed by atoms with Gasteiger partial charge in [0.05, 0.1) is 17.7 Å². The summed E-state index contributed by atoms with van der Waals surface area (Å²) in [6.07, 6.45) is 6.64. The van der Waals surface area contributed by atoms with Gasteiger partial charge in [-0.3, -0.25) is 0 Å². The number of nitrogens with zero attached hydrogens (tertiary/aromatic N) is 5. The number of hydrogen-bond acceptors (Lipinski definition) is 7. The molecule has 0 atom stereocenters. The molecule has 0 saturated heterocycles. The molecule has 0 radical (unpaired) electrons. The van der Waals surface area contributed by atoms with Gasteiger partial charge in [-0.1, -0.05) is 18.2 Å². The van der Waals surface area contributed by atoms with Crippen molar-refractivity contribution >= 4 is 21.1 Å². The monoisotopic (exact) mass is 407 g/mol. The highest BCUT2D eigenvalue weighted by Gasteiger charge is 2.31. The topological polar surface area (TPSA) is 99.9 Å². The molecule has 0 bridgehead atoms. The van der Waals surface area contributed by atoms with Gasteiger partial charge in [0.25, 0.3) is 10.0 Å². The highest BCUT2D eigenvalue weighted by atomic mass is 32.2. The molecule has 146 valence electrons. The van der Waals surface area contributed by atoms with Crippen LogP contribution in [0.2, 0.25) is 0 Å². The summed E-state index contributed by atoms with van der Waals surface area (Å²) in [6, 6.07) is 9.94. The smallest absolute Gasteiger partial charge is 0.269 e. The van der Waals surface area contributed by atoms with Gasteiger partial charge in [0.2, 0.25) is 5.88 Å². The number of fused-ring (bicyclic) bond motifs is 1. The minimum absolute atomic E-state index is 0.192. The van der Waals surface area contributed by atoms with Gasteiger partial charge in [-0.25, -0.2) is 32.3 Å². The second-order valence-corrected chi connectivity index (χ2v) is 8.63. The van der Waals surface area contributed by atoms with E-state index in [0.717, 1.165) is 18.5 Å². The normalized spacial score (nSPS) is 14.2. The van der Waals surface area contributed by atoms with E-state index in [1.54, 1.807) is 42.6 Å². The van der Waals surface area contributed by atoms with Crippen molar-refractivity contribution in [3.05, 3.63) is 60.8 Å². The Morgan fingerprint density at radius 1 is 1.07 bits per heavy atom. The summed E-state index contributed by atoms with van der Waals surface area (Å²) >= 11 is 0. The van der Waals surface area contributed by atoms with Crippen molar-refractivity contribution in [3.63, 3.8) is 0 Å². The summed E-state index contributed by atoms with van der Waals surface area (Å²) in [4.78, 5) is 17.8. The molecule has 0 aliphatic heterocycles. The predicted octanol–water partition coefficient (Wildman–Crippen LogP) is 3.01. The molecular weight excluding hydrogens is 390 g/mol. The average molecular weight is 407 g/mol. The van der Waals surface area contributed by atoms with Crippen LogP contribution in [0.25, 0.3) is 22.4 Å². The van der Waals surface area contributed by atoms with Gasteiger partial charge in [-0.2, -0.15) is 0 Å². The lowest BCUT2D eigenvalue weighted by molar-refractivity contribution is 0.397. The summed E-state index contributed by atoms with van der Waals surface area (Å²) < 4.78 is 32.8. The lowest BCUT2D eigenvalue weighted by atomic mass is 10.1. The molecule has 3 aromatic heterocycles. The van der Waals surface area contributed by atoms with Crippen LogP contribution in [0.3, 0.4) is 0 Å². The molecule has 1 saturated carbocycles. The lowest BCUT2D eigenvalue weighted by Crippen LogP contribution is -2.12. The predicted molar refractivity (Wildman–Crippen MR) is 106 cm³/mol. The Hall–Kier alpha value is -3.33. The van der Waals surface area contributed by atoms with Crippen molar-refractivity contribution in [3.8, 4) is 17.3 Å². The van der Waals surface area contributed by atoms with Crippen LogP contribution in [0.15, 0.2) is 60.0 Å². The molecule has 1 aromatic carbocycles. The van der Waals surface area contributed by atoms with Crippen molar-refractivity contribution < 1.29 is 13.2 Å². The van der Waals surface area contributed by atoms with E-state index in [0.29, 0.717) is 34.2 Å². The summed E-state index contributed by atoms with van der Waals surface area (Å²) in [5.74, 6) is 1.05. The molecule has 1 fully saturated rings. The second kappa shape index (κ2) is 6.63. The van der Waals surface area contributed by atoms with E-state index in [1.165, 1.54) is 23.6 Å². The molecule has 3 heterocycles. The summed E-state index contributed by atoms with van der Waals surface area (Å²) in [5.41, 5.74) is 1.75. The first kappa shape index (κ1) is 17.7. The van der Waals surface area contributed by atoms with Crippen molar-refractivity contribution in [1.82, 2.24) is 23.9 Å². The third-order valence-corrected chi connectivity index (χ3v) is 6.60. The number of benzene rings is 1. The van der Waals surface area contributed by atoms with E-state index < -0.39 is 10.0 Å². The van der Waals surface area contributed by atoms with Crippen molar-refractivity contribution in [2.45, 2.75) is 23.7 Å². The maximum atomic E-state index is 13.1. The Bertz CT molecular complexity index is 1310. The van der Waals surface area contributed by atoms with Crippen LogP contribution >= 0.6 is 0 Å². The molecule has 4 aromatic rings. The van der Waals surface area contributed by atoms with Crippen LogP contribution in [0, 0.1) is 0 Å². The Balaban J connectivity index is 1.71. The first-order chi connectivity index (χ1) is 14.1. The number of rotatable bonds is 5. The van der Waals surface area contributed by atoms with Gasteiger partial charge in [0.15, 0.2) is 11.5 Å². The number of hydrogen-bond donors (Lipinski definition) is 0. The number of ether oxygens (including phenoxy) is 1. The first-order valence-corrected chi connectivity index (χ1v) is 10.6. The molecule has 0 amide bonds. The summed E-state index contributed by atoms with van der Waals surface area (Å²) in [6.45, 7) is 0. The quantitative estimate of drug-likeness (QED) is 0.501. The molecule has 1 aliphatic carbocycles. The molecule has 1 aliphatic rings. The number of aromatic nitrogens is 5. The first-order valence-electron chi connectivity index (χ1n) is 9.13. The Morgan fingerprint density at radius 3 is 2.59 bits per heavy atom. The van der Waals surface area contributed by atoms with Gasteiger partial charge >= 0.3 is 0 Å². The standard InChI is InChI=1S/C20H17N5O3S/c1-28-20-16(17(13-7-8-13)22-12-23-20)18-21-11-14-9-10-25(19(14)24-18)29(26,27)15-5-3-2-4-6-15/h2-6,9-13H,7-8H2,1H3. The highest BCUT2D eigenvalue weighted by Crippen LogP contribution is 2.44. The molecular formula is C20H17N5O3S. The van der Waals surface area contributed by atoms with Gasteiger partial charge in [0.1, 0.15) is 11.9 Å². The molecule has 0 spiro atoms. The van der Waals surface area contributed by atoms with Gasteiger partial charge < -0.3 is 4.74 Å². The zero-order valence-corrected chi connectivity index (χ0v) is 16.4. The van der Waals surface area contributed by atoms with E-state index in [1.807, 2.05) is 0 Å². The summed E-state index contributed by atoms with van der Waals surface area (Å²) in [7, 11) is -2.26. The van der Waals surface area contributed by atoms with Crippen LogP contribution in [0.5, 0.6) is 5.88 Å². The van der Waals surface area contributed by atoms with E-state index >= 15 is 0 Å². The van der Waals surface area contributed by atoms with Crippen LogP contribution in [0.1, 0.15) is 24.5 Å². The fourth-order valence-electron chi connectivity index (χ4n) is 3.33. The molecule has 8 nitrogen and oxygen atoms in total. The van der Waals surface area contributed by atoms with E-state index in [4.69, 9.17) is 4.74 Å². The SMILES string of the molecule is COc1ncnc(C2CC2)c1-c1ncc2ccn(S(=O)(=O)c3ccccc3)c2n1. The van der Waals surface area contributed by atoms with E-state index in [-0.39, 0.29) is 4.90 Å². The van der Waals surface area contributed by atoms with Crippen LogP contribution in [-0.2, 0) is 10.0 Å². The minimum Gasteiger partial charge on any atom is -0.480 e. The largest absolute Gasteiger partial charge is 0.480 e.